The van der Waals surface area contributed by atoms with Crippen molar-refractivity contribution in [1.29, 1.82) is 0 Å². The van der Waals surface area contributed by atoms with Crippen molar-refractivity contribution in [2.24, 2.45) is 0 Å². The molecule has 0 fully saturated rings. The fourth-order valence-corrected chi connectivity index (χ4v) is 1.85. The molecule has 0 spiro atoms. The molecule has 0 aliphatic rings. The predicted molar refractivity (Wildman–Crippen MR) is 67.2 cm³/mol. The van der Waals surface area contributed by atoms with Crippen molar-refractivity contribution >= 4 is 17.0 Å². The minimum Gasteiger partial charge on any atom is -0.497 e. The summed E-state index contributed by atoms with van der Waals surface area (Å²) >= 11 is 0. The Morgan fingerprint density at radius 2 is 2.18 bits per heavy atom. The standard InChI is InChI=1S/C12H17N3O2/c1-16-7-3-6-15-11-8-9(17-2)4-5-10(11)14-12(15)13/h4-5,8H,3,6-7H2,1-2H3,(H2,13,14). The van der Waals surface area contributed by atoms with Crippen LogP contribution in [0.1, 0.15) is 6.42 Å². The zero-order valence-electron chi connectivity index (χ0n) is 10.1. The molecular formula is C12H17N3O2. The van der Waals surface area contributed by atoms with Crippen LogP contribution in [0.25, 0.3) is 11.0 Å². The summed E-state index contributed by atoms with van der Waals surface area (Å²) < 4.78 is 12.2. The number of imidazole rings is 1. The first-order chi connectivity index (χ1) is 8.26. The van der Waals surface area contributed by atoms with E-state index < -0.39 is 0 Å². The van der Waals surface area contributed by atoms with Crippen LogP contribution < -0.4 is 10.5 Å². The second-order valence-electron chi connectivity index (χ2n) is 3.82. The minimum atomic E-state index is 0.532. The summed E-state index contributed by atoms with van der Waals surface area (Å²) in [6, 6.07) is 5.75. The molecule has 92 valence electrons. The van der Waals surface area contributed by atoms with Crippen LogP contribution in [0.4, 0.5) is 5.95 Å². The maximum Gasteiger partial charge on any atom is 0.201 e. The molecule has 5 heteroatoms. The van der Waals surface area contributed by atoms with E-state index in [1.807, 2.05) is 22.8 Å². The number of nitrogen functional groups attached to an aromatic ring is 1. The highest BCUT2D eigenvalue weighted by molar-refractivity contribution is 5.79. The molecule has 0 unspecified atom stereocenters. The second-order valence-corrected chi connectivity index (χ2v) is 3.82. The third-order valence-corrected chi connectivity index (χ3v) is 2.72. The van der Waals surface area contributed by atoms with Crippen LogP contribution in [0, 0.1) is 0 Å². The second kappa shape index (κ2) is 5.05. The number of aryl methyl sites for hydroxylation is 1. The Morgan fingerprint density at radius 1 is 1.35 bits per heavy atom. The third-order valence-electron chi connectivity index (χ3n) is 2.72. The molecule has 0 aliphatic carbocycles. The highest BCUT2D eigenvalue weighted by atomic mass is 16.5. The molecule has 5 nitrogen and oxygen atoms in total. The van der Waals surface area contributed by atoms with Gasteiger partial charge < -0.3 is 19.8 Å². The average Bonchev–Trinajstić information content (AvgIpc) is 2.65. The molecule has 0 atom stereocenters. The number of ether oxygens (including phenoxy) is 2. The molecule has 0 saturated heterocycles. The van der Waals surface area contributed by atoms with Gasteiger partial charge in [0.15, 0.2) is 0 Å². The van der Waals surface area contributed by atoms with E-state index in [9.17, 15) is 0 Å². The van der Waals surface area contributed by atoms with Gasteiger partial charge in [-0.3, -0.25) is 0 Å². The van der Waals surface area contributed by atoms with Gasteiger partial charge in [-0.25, -0.2) is 4.98 Å². The van der Waals surface area contributed by atoms with Crippen molar-refractivity contribution in [3.05, 3.63) is 18.2 Å². The van der Waals surface area contributed by atoms with Crippen LogP contribution in [-0.4, -0.2) is 30.4 Å². The molecule has 2 aromatic rings. The van der Waals surface area contributed by atoms with Crippen LogP contribution >= 0.6 is 0 Å². The van der Waals surface area contributed by atoms with Crippen molar-refractivity contribution in [2.75, 3.05) is 26.6 Å². The van der Waals surface area contributed by atoms with Crippen molar-refractivity contribution < 1.29 is 9.47 Å². The molecule has 0 saturated carbocycles. The summed E-state index contributed by atoms with van der Waals surface area (Å²) in [5.41, 5.74) is 7.78. The van der Waals surface area contributed by atoms with Gasteiger partial charge in [0.2, 0.25) is 5.95 Å². The Labute approximate surface area is 100 Å². The van der Waals surface area contributed by atoms with E-state index in [1.165, 1.54) is 0 Å². The first-order valence-electron chi connectivity index (χ1n) is 5.55. The largest absolute Gasteiger partial charge is 0.497 e. The van der Waals surface area contributed by atoms with Gasteiger partial charge >= 0.3 is 0 Å². The quantitative estimate of drug-likeness (QED) is 0.801. The third kappa shape index (κ3) is 2.34. The van der Waals surface area contributed by atoms with E-state index in [0.717, 1.165) is 29.7 Å². The molecule has 1 aromatic heterocycles. The van der Waals surface area contributed by atoms with Gasteiger partial charge in [0.1, 0.15) is 5.75 Å². The normalized spacial score (nSPS) is 10.9. The van der Waals surface area contributed by atoms with Crippen molar-refractivity contribution in [1.82, 2.24) is 9.55 Å². The van der Waals surface area contributed by atoms with Gasteiger partial charge in [0.25, 0.3) is 0 Å². The van der Waals surface area contributed by atoms with Crippen molar-refractivity contribution in [2.45, 2.75) is 13.0 Å². The Balaban J connectivity index is 2.34. The maximum absolute atomic E-state index is 5.90. The van der Waals surface area contributed by atoms with Crippen LogP contribution in [0.5, 0.6) is 5.75 Å². The predicted octanol–water partition coefficient (Wildman–Crippen LogP) is 1.66. The summed E-state index contributed by atoms with van der Waals surface area (Å²) in [7, 11) is 3.34. The van der Waals surface area contributed by atoms with Crippen LogP contribution in [-0.2, 0) is 11.3 Å². The molecule has 0 aliphatic heterocycles. The topological polar surface area (TPSA) is 62.3 Å². The summed E-state index contributed by atoms with van der Waals surface area (Å²) in [5, 5.41) is 0. The SMILES string of the molecule is COCCCn1c(N)nc2ccc(OC)cc21. The molecule has 1 aromatic carbocycles. The van der Waals surface area contributed by atoms with Gasteiger partial charge in [0.05, 0.1) is 18.1 Å². The monoisotopic (exact) mass is 235 g/mol. The van der Waals surface area contributed by atoms with Crippen LogP contribution in [0.15, 0.2) is 18.2 Å². The lowest BCUT2D eigenvalue weighted by atomic mass is 10.3. The number of fused-ring (bicyclic) bond motifs is 1. The van der Waals surface area contributed by atoms with Crippen molar-refractivity contribution in [3.8, 4) is 5.75 Å². The molecule has 0 bridgehead atoms. The highest BCUT2D eigenvalue weighted by Crippen LogP contribution is 2.23. The molecule has 17 heavy (non-hydrogen) atoms. The molecule has 2 N–H and O–H groups in total. The van der Waals surface area contributed by atoms with Crippen LogP contribution in [0.2, 0.25) is 0 Å². The van der Waals surface area contributed by atoms with E-state index in [0.29, 0.717) is 12.6 Å². The number of nitrogens with zero attached hydrogens (tertiary/aromatic N) is 2. The van der Waals surface area contributed by atoms with E-state index >= 15 is 0 Å². The molecule has 2 rings (SSSR count). The van der Waals surface area contributed by atoms with E-state index in [2.05, 4.69) is 4.98 Å². The Hall–Kier alpha value is -1.75. The van der Waals surface area contributed by atoms with Crippen molar-refractivity contribution in [3.63, 3.8) is 0 Å². The van der Waals surface area contributed by atoms with E-state index in [1.54, 1.807) is 14.2 Å². The maximum atomic E-state index is 5.90. The molecule has 0 radical (unpaired) electrons. The average molecular weight is 235 g/mol. The van der Waals surface area contributed by atoms with Crippen LogP contribution in [0.3, 0.4) is 0 Å². The number of hydrogen-bond acceptors (Lipinski definition) is 4. The Morgan fingerprint density at radius 3 is 2.88 bits per heavy atom. The number of rotatable bonds is 5. The molecular weight excluding hydrogens is 218 g/mol. The first-order valence-corrected chi connectivity index (χ1v) is 5.55. The number of hydrogen-bond donors (Lipinski definition) is 1. The number of methoxy groups -OCH3 is 2. The number of aromatic nitrogens is 2. The Kier molecular flexibility index (Phi) is 3.49. The number of anilines is 1. The lowest BCUT2D eigenvalue weighted by molar-refractivity contribution is 0.191. The van der Waals surface area contributed by atoms with Gasteiger partial charge in [0, 0.05) is 26.3 Å². The highest BCUT2D eigenvalue weighted by Gasteiger charge is 2.08. The van der Waals surface area contributed by atoms with Gasteiger partial charge in [-0.2, -0.15) is 0 Å². The van der Waals surface area contributed by atoms with E-state index in [4.69, 9.17) is 15.2 Å². The summed E-state index contributed by atoms with van der Waals surface area (Å²) in [4.78, 5) is 4.31. The summed E-state index contributed by atoms with van der Waals surface area (Å²) in [5.74, 6) is 1.34. The fraction of sp³-hybridized carbons (Fsp3) is 0.417. The summed E-state index contributed by atoms with van der Waals surface area (Å²) in [6.07, 6.45) is 0.906. The zero-order chi connectivity index (χ0) is 12.3. The fourth-order valence-electron chi connectivity index (χ4n) is 1.85. The van der Waals surface area contributed by atoms with Gasteiger partial charge in [-0.05, 0) is 18.6 Å². The number of benzene rings is 1. The number of nitrogens with two attached hydrogens (primary N) is 1. The lowest BCUT2D eigenvalue weighted by Crippen LogP contribution is -2.05. The first kappa shape index (κ1) is 11.7. The molecule has 0 amide bonds. The Bertz CT molecular complexity index is 508. The van der Waals surface area contributed by atoms with Gasteiger partial charge in [-0.15, -0.1) is 0 Å². The minimum absolute atomic E-state index is 0.532. The smallest absolute Gasteiger partial charge is 0.201 e. The van der Waals surface area contributed by atoms with Gasteiger partial charge in [-0.1, -0.05) is 0 Å². The van der Waals surface area contributed by atoms with E-state index in [-0.39, 0.29) is 0 Å². The summed E-state index contributed by atoms with van der Waals surface area (Å²) in [6.45, 7) is 1.51. The zero-order valence-corrected chi connectivity index (χ0v) is 10.1. The molecule has 1 heterocycles. The lowest BCUT2D eigenvalue weighted by Gasteiger charge is -2.06.